The number of carbonyl (C=O) groups is 4. The van der Waals surface area contributed by atoms with Crippen molar-refractivity contribution in [1.82, 2.24) is 47.0 Å². The van der Waals surface area contributed by atoms with E-state index in [1.54, 1.807) is 6.92 Å². The van der Waals surface area contributed by atoms with Crippen LogP contribution in [0.4, 0.5) is 5.69 Å². The summed E-state index contributed by atoms with van der Waals surface area (Å²) in [7, 11) is 0. The van der Waals surface area contributed by atoms with Crippen LogP contribution in [0.15, 0.2) is 48.5 Å². The predicted molar refractivity (Wildman–Crippen MR) is 207 cm³/mol. The van der Waals surface area contributed by atoms with Gasteiger partial charge in [-0.1, -0.05) is 36.4 Å². The zero-order chi connectivity index (χ0) is 39.6. The van der Waals surface area contributed by atoms with Crippen molar-refractivity contribution in [1.29, 1.82) is 0 Å². The van der Waals surface area contributed by atoms with Gasteiger partial charge in [0.1, 0.15) is 6.61 Å². The summed E-state index contributed by atoms with van der Waals surface area (Å²) in [5, 5.41) is 54.4. The highest BCUT2D eigenvalue weighted by atomic mass is 32.1. The van der Waals surface area contributed by atoms with Crippen molar-refractivity contribution in [2.24, 2.45) is 5.73 Å². The molecule has 55 heavy (non-hydrogen) atoms. The normalized spacial score (nSPS) is 19.1. The topological polar surface area (TPSA) is 268 Å². The molecule has 18 nitrogen and oxygen atoms in total. The molecule has 0 saturated carbocycles. The van der Waals surface area contributed by atoms with Crippen LogP contribution in [0.1, 0.15) is 49.1 Å². The SMILES string of the molecule is Cc1nnc(-c2ccc(CNC(=O)C(N)CCCCNC(=S)Nc3ccc(CC4NC(COC=O)CNC(CC(=O)O)CNC4CC(=O)O)cc3)cc2)nn1. The van der Waals surface area contributed by atoms with Crippen molar-refractivity contribution < 1.29 is 34.1 Å². The third-order valence-corrected chi connectivity index (χ3v) is 9.13. The maximum absolute atomic E-state index is 12.6. The molecule has 1 aliphatic rings. The summed E-state index contributed by atoms with van der Waals surface area (Å²) in [6, 6.07) is 12.6. The molecule has 0 spiro atoms. The number of anilines is 1. The fourth-order valence-electron chi connectivity index (χ4n) is 5.98. The number of aromatic nitrogens is 4. The fourth-order valence-corrected chi connectivity index (χ4v) is 6.20. The van der Waals surface area contributed by atoms with E-state index in [-0.39, 0.29) is 44.0 Å². The van der Waals surface area contributed by atoms with Crippen molar-refractivity contribution in [3.8, 4) is 11.4 Å². The van der Waals surface area contributed by atoms with Gasteiger partial charge in [-0.2, -0.15) is 0 Å². The molecule has 1 amide bonds. The van der Waals surface area contributed by atoms with Crippen LogP contribution in [0.5, 0.6) is 0 Å². The Hall–Kier alpha value is -5.21. The standard InChI is InChI=1S/C36H49N11O7S/c1-22-44-46-34(47-45-22)25-9-5-24(6-10-25)17-41-35(53)29(37)4-2-3-13-38-36(55)43-26-11-7-23(8-12-26)14-31-30(16-33(51)52)40-18-27(15-32(49)50)39-19-28(42-31)20-54-21-48/h5-12,21,27-31,39-40,42H,2-4,13-20,37H2,1H3,(H,41,53)(H,49,50)(H,51,52)(H2,38,43,55). The minimum atomic E-state index is -0.998. The highest BCUT2D eigenvalue weighted by molar-refractivity contribution is 7.80. The van der Waals surface area contributed by atoms with Gasteiger partial charge in [0, 0.05) is 55.6 Å². The van der Waals surface area contributed by atoms with E-state index in [0.29, 0.717) is 55.7 Å². The first kappa shape index (κ1) is 42.5. The number of carboxylic acids is 2. The lowest BCUT2D eigenvalue weighted by Crippen LogP contribution is -2.54. The number of aryl methyl sites for hydroxylation is 1. The van der Waals surface area contributed by atoms with Gasteiger partial charge in [-0.25, -0.2) is 0 Å². The molecule has 1 fully saturated rings. The maximum atomic E-state index is 12.6. The van der Waals surface area contributed by atoms with E-state index in [1.807, 2.05) is 48.5 Å². The lowest BCUT2D eigenvalue weighted by molar-refractivity contribution is -0.139. The van der Waals surface area contributed by atoms with Crippen LogP contribution >= 0.6 is 12.2 Å². The van der Waals surface area contributed by atoms with Gasteiger partial charge in [-0.05, 0) is 68.1 Å². The Labute approximate surface area is 324 Å². The number of nitrogens with zero attached hydrogens (tertiary/aromatic N) is 4. The first-order valence-electron chi connectivity index (χ1n) is 18.0. The number of nitrogens with two attached hydrogens (primary N) is 1. The molecule has 0 radical (unpaired) electrons. The van der Waals surface area contributed by atoms with Gasteiger partial charge in [-0.3, -0.25) is 19.2 Å². The number of hydrogen-bond acceptors (Lipinski definition) is 14. The Morgan fingerprint density at radius 3 is 2.25 bits per heavy atom. The number of benzene rings is 2. The highest BCUT2D eigenvalue weighted by Crippen LogP contribution is 2.16. The number of carbonyl (C=O) groups excluding carboxylic acids is 2. The molecule has 19 heteroatoms. The summed E-state index contributed by atoms with van der Waals surface area (Å²) in [5.41, 5.74) is 9.49. The summed E-state index contributed by atoms with van der Waals surface area (Å²) < 4.78 is 5.00. The summed E-state index contributed by atoms with van der Waals surface area (Å²) in [6.07, 6.45) is 2.08. The molecule has 296 valence electrons. The zero-order valence-corrected chi connectivity index (χ0v) is 31.4. The van der Waals surface area contributed by atoms with Crippen LogP contribution in [0.25, 0.3) is 11.4 Å². The van der Waals surface area contributed by atoms with E-state index in [2.05, 4.69) is 52.3 Å². The number of amides is 1. The quantitative estimate of drug-likeness (QED) is 0.0449. The average Bonchev–Trinajstić information content (AvgIpc) is 3.23. The molecule has 4 rings (SSSR count). The number of carboxylic acid groups (broad SMARTS) is 2. The predicted octanol–water partition coefficient (Wildman–Crippen LogP) is 0.264. The molecule has 0 bridgehead atoms. The summed E-state index contributed by atoms with van der Waals surface area (Å²) in [4.78, 5) is 46.7. The van der Waals surface area contributed by atoms with Crippen LogP contribution in [-0.2, 0) is 36.9 Å². The number of hydrogen-bond donors (Lipinski definition) is 9. The van der Waals surface area contributed by atoms with E-state index in [4.69, 9.17) is 22.7 Å². The molecule has 2 aromatic carbocycles. The van der Waals surface area contributed by atoms with Crippen molar-refractivity contribution in [2.45, 2.75) is 82.2 Å². The molecule has 10 N–H and O–H groups in total. The minimum Gasteiger partial charge on any atom is -0.481 e. The molecular weight excluding hydrogens is 731 g/mol. The summed E-state index contributed by atoms with van der Waals surface area (Å²) >= 11 is 5.47. The number of ether oxygens (including phenoxy) is 1. The van der Waals surface area contributed by atoms with Gasteiger partial charge in [-0.15, -0.1) is 20.4 Å². The van der Waals surface area contributed by atoms with Gasteiger partial charge in [0.2, 0.25) is 11.7 Å². The van der Waals surface area contributed by atoms with Gasteiger partial charge in [0.15, 0.2) is 10.9 Å². The maximum Gasteiger partial charge on any atom is 0.304 e. The number of nitrogens with one attached hydrogen (secondary N) is 6. The summed E-state index contributed by atoms with van der Waals surface area (Å²) in [5.74, 6) is -1.28. The van der Waals surface area contributed by atoms with Gasteiger partial charge in [0.25, 0.3) is 6.47 Å². The van der Waals surface area contributed by atoms with Crippen LogP contribution in [0.3, 0.4) is 0 Å². The number of rotatable bonds is 19. The van der Waals surface area contributed by atoms with Crippen LogP contribution < -0.4 is 37.6 Å². The minimum absolute atomic E-state index is 0.0294. The fraction of sp³-hybridized carbons (Fsp3) is 0.472. The lowest BCUT2D eigenvalue weighted by Gasteiger charge is -2.30. The van der Waals surface area contributed by atoms with Crippen LogP contribution in [0.2, 0.25) is 0 Å². The van der Waals surface area contributed by atoms with Crippen molar-refractivity contribution in [2.75, 3.05) is 31.6 Å². The second kappa shape index (κ2) is 22.2. The Bertz CT molecular complexity index is 1700. The summed E-state index contributed by atoms with van der Waals surface area (Å²) in [6.45, 7) is 3.58. The van der Waals surface area contributed by atoms with Crippen molar-refractivity contribution in [3.05, 3.63) is 65.5 Å². The Morgan fingerprint density at radius 1 is 0.909 bits per heavy atom. The number of unbranched alkanes of at least 4 members (excludes halogenated alkanes) is 1. The average molecular weight is 780 g/mol. The van der Waals surface area contributed by atoms with E-state index in [0.717, 1.165) is 35.2 Å². The number of aliphatic carboxylic acids is 2. The zero-order valence-electron chi connectivity index (χ0n) is 30.6. The second-order valence-corrected chi connectivity index (χ2v) is 13.7. The third kappa shape index (κ3) is 15.2. The molecular formula is C36H49N11O7S. The van der Waals surface area contributed by atoms with Gasteiger partial charge >= 0.3 is 11.9 Å². The molecule has 1 aliphatic heterocycles. The van der Waals surface area contributed by atoms with E-state index in [1.165, 1.54) is 0 Å². The highest BCUT2D eigenvalue weighted by Gasteiger charge is 2.30. The van der Waals surface area contributed by atoms with E-state index in [9.17, 15) is 29.4 Å². The molecule has 5 atom stereocenters. The smallest absolute Gasteiger partial charge is 0.304 e. The Morgan fingerprint density at radius 2 is 1.58 bits per heavy atom. The second-order valence-electron chi connectivity index (χ2n) is 13.3. The van der Waals surface area contributed by atoms with E-state index < -0.39 is 30.1 Å². The largest absolute Gasteiger partial charge is 0.481 e. The molecule has 0 aliphatic carbocycles. The molecule has 3 aromatic rings. The lowest BCUT2D eigenvalue weighted by atomic mass is 9.95. The van der Waals surface area contributed by atoms with Crippen molar-refractivity contribution in [3.63, 3.8) is 0 Å². The first-order chi connectivity index (χ1) is 26.5. The third-order valence-electron chi connectivity index (χ3n) is 8.89. The van der Waals surface area contributed by atoms with Crippen LogP contribution in [0, 0.1) is 6.92 Å². The van der Waals surface area contributed by atoms with Crippen LogP contribution in [-0.4, -0.2) is 116 Å². The Kier molecular flexibility index (Phi) is 17.2. The van der Waals surface area contributed by atoms with E-state index >= 15 is 0 Å². The molecule has 1 saturated heterocycles. The number of thiocarbonyl (C=S) groups is 1. The molecule has 5 unspecified atom stereocenters. The van der Waals surface area contributed by atoms with Crippen molar-refractivity contribution >= 4 is 47.3 Å². The Balaban J connectivity index is 1.18. The molecule has 1 aromatic heterocycles. The van der Waals surface area contributed by atoms with Gasteiger partial charge < -0.3 is 52.6 Å². The van der Waals surface area contributed by atoms with Gasteiger partial charge in [0.05, 0.1) is 24.9 Å². The monoisotopic (exact) mass is 779 g/mol. The molecule has 2 heterocycles. The first-order valence-corrected chi connectivity index (χ1v) is 18.4.